The second-order valence-corrected chi connectivity index (χ2v) is 5.34. The van der Waals surface area contributed by atoms with Crippen LogP contribution in [-0.4, -0.2) is 13.3 Å². The predicted octanol–water partition coefficient (Wildman–Crippen LogP) is 0.672. The maximum atomic E-state index is 11.7. The summed E-state index contributed by atoms with van der Waals surface area (Å²) in [5, 5.41) is 10.9. The van der Waals surface area contributed by atoms with E-state index >= 15 is 0 Å². The van der Waals surface area contributed by atoms with Crippen LogP contribution in [0.1, 0.15) is 16.7 Å². The van der Waals surface area contributed by atoms with Crippen molar-refractivity contribution in [2.45, 2.75) is 25.7 Å². The summed E-state index contributed by atoms with van der Waals surface area (Å²) >= 11 is 0. The van der Waals surface area contributed by atoms with Crippen molar-refractivity contribution in [1.82, 2.24) is 4.83 Å². The maximum absolute atomic E-state index is 11.7. The number of nitro benzene ring substituents is 1. The Morgan fingerprint density at radius 1 is 1.29 bits per heavy atom. The third-order valence-electron chi connectivity index (χ3n) is 2.47. The topological polar surface area (TPSA) is 115 Å². The Labute approximate surface area is 98.8 Å². The lowest BCUT2D eigenvalue weighted by Crippen LogP contribution is -2.31. The number of hydrogen-bond donors (Lipinski definition) is 2. The maximum Gasteiger partial charge on any atom is 0.276 e. The standard InChI is InChI=1S/C9H13N3O4S/c1-5-4-6(2)9(17(15,16)11-10)7(3)8(5)12(13)14/h4,11H,10H2,1-3H3. The molecule has 0 aliphatic carbocycles. The molecule has 1 aromatic rings. The highest BCUT2D eigenvalue weighted by atomic mass is 32.2. The average Bonchev–Trinajstić information content (AvgIpc) is 2.15. The van der Waals surface area contributed by atoms with Gasteiger partial charge < -0.3 is 0 Å². The van der Waals surface area contributed by atoms with Gasteiger partial charge in [-0.25, -0.2) is 8.42 Å². The van der Waals surface area contributed by atoms with Gasteiger partial charge in [0.25, 0.3) is 15.7 Å². The van der Waals surface area contributed by atoms with E-state index in [1.807, 2.05) is 0 Å². The predicted molar refractivity (Wildman–Crippen MR) is 61.8 cm³/mol. The normalized spacial score (nSPS) is 11.5. The van der Waals surface area contributed by atoms with Gasteiger partial charge in [-0.05, 0) is 32.4 Å². The minimum atomic E-state index is -3.91. The number of hydrazine groups is 1. The van der Waals surface area contributed by atoms with Crippen molar-refractivity contribution in [1.29, 1.82) is 0 Å². The summed E-state index contributed by atoms with van der Waals surface area (Å²) in [5.41, 5.74) is 0.722. The quantitative estimate of drug-likeness (QED) is 0.470. The van der Waals surface area contributed by atoms with E-state index in [0.29, 0.717) is 11.1 Å². The minimum Gasteiger partial charge on any atom is -0.258 e. The van der Waals surface area contributed by atoms with Crippen molar-refractivity contribution in [2.24, 2.45) is 5.84 Å². The fourth-order valence-electron chi connectivity index (χ4n) is 1.91. The molecule has 0 atom stereocenters. The first-order valence-electron chi connectivity index (χ1n) is 4.70. The minimum absolute atomic E-state index is 0.0884. The summed E-state index contributed by atoms with van der Waals surface area (Å²) in [5.74, 6) is 4.93. The third-order valence-corrected chi connectivity index (χ3v) is 3.94. The van der Waals surface area contributed by atoms with Gasteiger partial charge in [-0.1, -0.05) is 0 Å². The van der Waals surface area contributed by atoms with E-state index in [2.05, 4.69) is 0 Å². The van der Waals surface area contributed by atoms with Gasteiger partial charge in [0.2, 0.25) is 0 Å². The molecule has 0 heterocycles. The van der Waals surface area contributed by atoms with Crippen LogP contribution in [0.15, 0.2) is 11.0 Å². The molecule has 1 rings (SSSR count). The van der Waals surface area contributed by atoms with Crippen molar-refractivity contribution >= 4 is 15.7 Å². The number of nitro groups is 1. The molecule has 94 valence electrons. The van der Waals surface area contributed by atoms with Crippen LogP contribution < -0.4 is 10.7 Å². The lowest BCUT2D eigenvalue weighted by molar-refractivity contribution is -0.386. The first-order chi connectivity index (χ1) is 7.72. The molecule has 3 N–H and O–H groups in total. The number of hydrogen-bond acceptors (Lipinski definition) is 5. The molecule has 0 aromatic heterocycles. The van der Waals surface area contributed by atoms with E-state index < -0.39 is 14.9 Å². The first-order valence-corrected chi connectivity index (χ1v) is 6.18. The summed E-state index contributed by atoms with van der Waals surface area (Å²) in [4.78, 5) is 11.8. The molecule has 1 aromatic carbocycles. The van der Waals surface area contributed by atoms with Crippen LogP contribution in [-0.2, 0) is 10.0 Å². The smallest absolute Gasteiger partial charge is 0.258 e. The molecule has 8 heteroatoms. The SMILES string of the molecule is Cc1cc(C)c(S(=O)(=O)NN)c(C)c1[N+](=O)[O-]. The molecule has 0 aliphatic rings. The number of benzene rings is 1. The van der Waals surface area contributed by atoms with Crippen molar-refractivity contribution in [3.05, 3.63) is 32.9 Å². The second-order valence-electron chi connectivity index (χ2n) is 3.69. The van der Waals surface area contributed by atoms with E-state index in [9.17, 15) is 18.5 Å². The zero-order chi connectivity index (χ0) is 13.4. The zero-order valence-corrected chi connectivity index (χ0v) is 10.5. The molecule has 0 amide bonds. The molecule has 0 aliphatic heterocycles. The number of sulfonamides is 1. The molecule has 0 saturated heterocycles. The van der Waals surface area contributed by atoms with E-state index in [4.69, 9.17) is 5.84 Å². The van der Waals surface area contributed by atoms with Crippen LogP contribution in [0, 0.1) is 30.9 Å². The first kappa shape index (κ1) is 13.6. The highest BCUT2D eigenvalue weighted by molar-refractivity contribution is 7.89. The molecule has 0 radical (unpaired) electrons. The number of nitrogens with zero attached hydrogens (tertiary/aromatic N) is 1. The van der Waals surface area contributed by atoms with E-state index in [-0.39, 0.29) is 16.1 Å². The summed E-state index contributed by atoms with van der Waals surface area (Å²) in [6.07, 6.45) is 0. The molecule has 7 nitrogen and oxygen atoms in total. The molecule has 0 unspecified atom stereocenters. The van der Waals surface area contributed by atoms with Crippen LogP contribution in [0.2, 0.25) is 0 Å². The van der Waals surface area contributed by atoms with E-state index in [1.165, 1.54) is 13.0 Å². The van der Waals surface area contributed by atoms with Crippen molar-refractivity contribution in [3.8, 4) is 0 Å². The Morgan fingerprint density at radius 3 is 2.24 bits per heavy atom. The van der Waals surface area contributed by atoms with Gasteiger partial charge in [-0.3, -0.25) is 16.0 Å². The summed E-state index contributed by atoms with van der Waals surface area (Å²) < 4.78 is 23.3. The Morgan fingerprint density at radius 2 is 1.82 bits per heavy atom. The van der Waals surface area contributed by atoms with E-state index in [1.54, 1.807) is 18.7 Å². The van der Waals surface area contributed by atoms with Gasteiger partial charge >= 0.3 is 0 Å². The van der Waals surface area contributed by atoms with Gasteiger partial charge in [0.05, 0.1) is 9.82 Å². The number of rotatable bonds is 3. The second kappa shape index (κ2) is 4.40. The number of aryl methyl sites for hydroxylation is 2. The van der Waals surface area contributed by atoms with Gasteiger partial charge in [-0.2, -0.15) is 4.83 Å². The monoisotopic (exact) mass is 259 g/mol. The van der Waals surface area contributed by atoms with Crippen LogP contribution in [0.3, 0.4) is 0 Å². The van der Waals surface area contributed by atoms with Crippen molar-refractivity contribution in [3.63, 3.8) is 0 Å². The highest BCUT2D eigenvalue weighted by Gasteiger charge is 2.26. The van der Waals surface area contributed by atoms with Crippen LogP contribution >= 0.6 is 0 Å². The lowest BCUT2D eigenvalue weighted by Gasteiger charge is -2.11. The van der Waals surface area contributed by atoms with Gasteiger partial charge in [0, 0.05) is 11.1 Å². The summed E-state index contributed by atoms with van der Waals surface area (Å²) in [6, 6.07) is 1.45. The molecule has 0 fully saturated rings. The molecular weight excluding hydrogens is 246 g/mol. The van der Waals surface area contributed by atoms with Crippen LogP contribution in [0.25, 0.3) is 0 Å². The zero-order valence-electron chi connectivity index (χ0n) is 9.64. The number of nitrogens with one attached hydrogen (secondary N) is 1. The Hall–Kier alpha value is -1.51. The van der Waals surface area contributed by atoms with Crippen molar-refractivity contribution in [2.75, 3.05) is 0 Å². The Bertz CT molecular complexity index is 580. The fourth-order valence-corrected chi connectivity index (χ4v) is 3.01. The molecule has 17 heavy (non-hydrogen) atoms. The van der Waals surface area contributed by atoms with Gasteiger partial charge in [0.15, 0.2) is 0 Å². The molecule has 0 spiro atoms. The number of nitrogens with two attached hydrogens (primary N) is 1. The molecule has 0 bridgehead atoms. The van der Waals surface area contributed by atoms with E-state index in [0.717, 1.165) is 0 Å². The van der Waals surface area contributed by atoms with Crippen LogP contribution in [0.5, 0.6) is 0 Å². The molecule has 0 saturated carbocycles. The largest absolute Gasteiger partial charge is 0.276 e. The lowest BCUT2D eigenvalue weighted by atomic mass is 10.1. The Kier molecular flexibility index (Phi) is 3.51. The Balaban J connectivity index is 3.76. The van der Waals surface area contributed by atoms with Gasteiger partial charge in [0.1, 0.15) is 0 Å². The fraction of sp³-hybridized carbons (Fsp3) is 0.333. The van der Waals surface area contributed by atoms with Crippen molar-refractivity contribution < 1.29 is 13.3 Å². The average molecular weight is 259 g/mol. The summed E-state index contributed by atoms with van der Waals surface area (Å²) in [6.45, 7) is 4.51. The van der Waals surface area contributed by atoms with Crippen LogP contribution in [0.4, 0.5) is 5.69 Å². The highest BCUT2D eigenvalue weighted by Crippen LogP contribution is 2.31. The summed E-state index contributed by atoms with van der Waals surface area (Å²) in [7, 11) is -3.91. The third kappa shape index (κ3) is 2.28. The van der Waals surface area contributed by atoms with Gasteiger partial charge in [-0.15, -0.1) is 0 Å². The molecular formula is C9H13N3O4S.